The van der Waals surface area contributed by atoms with E-state index in [1.165, 1.54) is 0 Å². The Morgan fingerprint density at radius 3 is 2.41 bits per heavy atom. The molecule has 0 unspecified atom stereocenters. The minimum atomic E-state index is -0.491. The quantitative estimate of drug-likeness (QED) is 0.823. The van der Waals surface area contributed by atoms with Crippen LogP contribution in [0, 0.1) is 5.92 Å². The zero-order chi connectivity index (χ0) is 16.6. The van der Waals surface area contributed by atoms with Crippen molar-refractivity contribution in [3.05, 3.63) is 35.9 Å². The van der Waals surface area contributed by atoms with Gasteiger partial charge in [-0.05, 0) is 32.3 Å². The van der Waals surface area contributed by atoms with Gasteiger partial charge in [-0.15, -0.1) is 0 Å². The molecule has 22 heavy (non-hydrogen) atoms. The number of amides is 1. The molecular weight excluding hydrogens is 278 g/mol. The summed E-state index contributed by atoms with van der Waals surface area (Å²) in [4.78, 5) is 11.9. The molecule has 0 heterocycles. The van der Waals surface area contributed by atoms with E-state index in [-0.39, 0.29) is 12.1 Å². The van der Waals surface area contributed by atoms with Crippen LogP contribution in [0.15, 0.2) is 30.3 Å². The number of alkyl carbamates (subject to hydrolysis) is 1. The molecule has 0 aliphatic carbocycles. The Morgan fingerprint density at radius 2 is 1.86 bits per heavy atom. The van der Waals surface area contributed by atoms with E-state index in [0.717, 1.165) is 12.0 Å². The van der Waals surface area contributed by atoms with Crippen molar-refractivity contribution in [2.45, 2.75) is 59.3 Å². The van der Waals surface area contributed by atoms with Gasteiger partial charge in [0.1, 0.15) is 5.60 Å². The Morgan fingerprint density at radius 1 is 1.23 bits per heavy atom. The predicted molar refractivity (Wildman–Crippen MR) is 88.7 cm³/mol. The normalized spacial score (nSPS) is 14.2. The zero-order valence-electron chi connectivity index (χ0n) is 14.4. The highest BCUT2D eigenvalue weighted by atomic mass is 16.6. The standard InChI is InChI=1S/C18H29NO3/c1-6-14(2)16(19-17(20)22-18(3,4)5)13-21-12-15-10-8-7-9-11-15/h7-11,14,16H,6,12-13H2,1-5H3,(H,19,20)/t14-,16+/m0/s1. The van der Waals surface area contributed by atoms with Crippen molar-refractivity contribution in [1.82, 2.24) is 5.32 Å². The number of carbonyl (C=O) groups excluding carboxylic acids is 1. The highest BCUT2D eigenvalue weighted by Crippen LogP contribution is 2.12. The number of rotatable bonds is 7. The van der Waals surface area contributed by atoms with Crippen molar-refractivity contribution in [3.63, 3.8) is 0 Å². The van der Waals surface area contributed by atoms with Crippen molar-refractivity contribution in [1.29, 1.82) is 0 Å². The molecule has 0 spiro atoms. The summed E-state index contributed by atoms with van der Waals surface area (Å²) >= 11 is 0. The molecule has 0 aliphatic heterocycles. The lowest BCUT2D eigenvalue weighted by molar-refractivity contribution is 0.0378. The molecule has 124 valence electrons. The highest BCUT2D eigenvalue weighted by Gasteiger charge is 2.22. The van der Waals surface area contributed by atoms with Gasteiger partial charge in [0.15, 0.2) is 0 Å². The summed E-state index contributed by atoms with van der Waals surface area (Å²) < 4.78 is 11.1. The van der Waals surface area contributed by atoms with Crippen molar-refractivity contribution >= 4 is 6.09 Å². The first-order chi connectivity index (χ1) is 10.3. The van der Waals surface area contributed by atoms with Crippen LogP contribution >= 0.6 is 0 Å². The fraction of sp³-hybridized carbons (Fsp3) is 0.611. The smallest absolute Gasteiger partial charge is 0.407 e. The van der Waals surface area contributed by atoms with Crippen molar-refractivity contribution in [2.75, 3.05) is 6.61 Å². The zero-order valence-corrected chi connectivity index (χ0v) is 14.4. The van der Waals surface area contributed by atoms with Crippen molar-refractivity contribution in [3.8, 4) is 0 Å². The molecule has 1 amide bonds. The number of hydrogen-bond acceptors (Lipinski definition) is 3. The van der Waals surface area contributed by atoms with Gasteiger partial charge in [0.25, 0.3) is 0 Å². The monoisotopic (exact) mass is 307 g/mol. The predicted octanol–water partition coefficient (Wildman–Crippen LogP) is 4.14. The summed E-state index contributed by atoms with van der Waals surface area (Å²) in [5.74, 6) is 0.322. The van der Waals surface area contributed by atoms with Crippen LogP contribution < -0.4 is 5.32 Å². The SMILES string of the molecule is CC[C@H](C)[C@@H](COCc1ccccc1)NC(=O)OC(C)(C)C. The summed E-state index contributed by atoms with van der Waals surface area (Å²) in [6.07, 6.45) is 0.580. The third kappa shape index (κ3) is 7.46. The number of ether oxygens (including phenoxy) is 2. The van der Waals surface area contributed by atoms with E-state index in [0.29, 0.717) is 19.1 Å². The first-order valence-electron chi connectivity index (χ1n) is 7.93. The maximum atomic E-state index is 11.9. The molecule has 0 bridgehead atoms. The fourth-order valence-electron chi connectivity index (χ4n) is 1.97. The van der Waals surface area contributed by atoms with E-state index in [2.05, 4.69) is 19.2 Å². The molecule has 1 aromatic carbocycles. The van der Waals surface area contributed by atoms with Crippen LogP contribution in [0.3, 0.4) is 0 Å². The Kier molecular flexibility index (Phi) is 7.39. The molecule has 1 rings (SSSR count). The first kappa shape index (κ1) is 18.5. The summed E-state index contributed by atoms with van der Waals surface area (Å²) in [5.41, 5.74) is 0.636. The van der Waals surface area contributed by atoms with Crippen molar-refractivity contribution in [2.24, 2.45) is 5.92 Å². The van der Waals surface area contributed by atoms with Gasteiger partial charge in [-0.2, -0.15) is 0 Å². The molecular formula is C18H29NO3. The van der Waals surface area contributed by atoms with Crippen LogP contribution in [0.25, 0.3) is 0 Å². The third-order valence-corrected chi connectivity index (χ3v) is 3.44. The lowest BCUT2D eigenvalue weighted by atomic mass is 10.00. The molecule has 4 nitrogen and oxygen atoms in total. The van der Waals surface area contributed by atoms with Gasteiger partial charge < -0.3 is 14.8 Å². The maximum absolute atomic E-state index is 11.9. The highest BCUT2D eigenvalue weighted by molar-refractivity contribution is 5.68. The van der Waals surface area contributed by atoms with Crippen LogP contribution in [-0.4, -0.2) is 24.3 Å². The summed E-state index contributed by atoms with van der Waals surface area (Å²) in [6, 6.07) is 9.96. The van der Waals surface area contributed by atoms with Gasteiger partial charge in [-0.1, -0.05) is 50.6 Å². The molecule has 0 radical (unpaired) electrons. The Labute approximate surface area is 134 Å². The number of carbonyl (C=O) groups is 1. The number of hydrogen-bond donors (Lipinski definition) is 1. The Balaban J connectivity index is 2.48. The maximum Gasteiger partial charge on any atom is 0.407 e. The van der Waals surface area contributed by atoms with Crippen LogP contribution in [0.1, 0.15) is 46.6 Å². The molecule has 0 fully saturated rings. The van der Waals surface area contributed by atoms with Gasteiger partial charge in [-0.3, -0.25) is 0 Å². The minimum Gasteiger partial charge on any atom is -0.444 e. The van der Waals surface area contributed by atoms with Gasteiger partial charge >= 0.3 is 6.09 Å². The molecule has 0 aliphatic rings. The van der Waals surface area contributed by atoms with Gasteiger partial charge in [0.2, 0.25) is 0 Å². The Hall–Kier alpha value is -1.55. The van der Waals surface area contributed by atoms with Crippen molar-refractivity contribution < 1.29 is 14.3 Å². The molecule has 1 aromatic rings. The van der Waals surface area contributed by atoms with Crippen LogP contribution in [0.2, 0.25) is 0 Å². The largest absolute Gasteiger partial charge is 0.444 e. The van der Waals surface area contributed by atoms with E-state index in [1.807, 2.05) is 51.1 Å². The minimum absolute atomic E-state index is 0.0523. The van der Waals surface area contributed by atoms with E-state index < -0.39 is 5.60 Å². The van der Waals surface area contributed by atoms with Gasteiger partial charge in [0, 0.05) is 0 Å². The van der Waals surface area contributed by atoms with Crippen LogP contribution in [0.4, 0.5) is 4.79 Å². The molecule has 4 heteroatoms. The number of nitrogens with one attached hydrogen (secondary N) is 1. The van der Waals surface area contributed by atoms with Gasteiger partial charge in [-0.25, -0.2) is 4.79 Å². The summed E-state index contributed by atoms with van der Waals surface area (Å²) in [7, 11) is 0. The van der Waals surface area contributed by atoms with Gasteiger partial charge in [0.05, 0.1) is 19.3 Å². The van der Waals surface area contributed by atoms with E-state index in [9.17, 15) is 4.79 Å². The van der Waals surface area contributed by atoms with E-state index in [1.54, 1.807) is 0 Å². The lowest BCUT2D eigenvalue weighted by Gasteiger charge is -2.26. The molecule has 1 N–H and O–H groups in total. The average molecular weight is 307 g/mol. The third-order valence-electron chi connectivity index (χ3n) is 3.44. The van der Waals surface area contributed by atoms with E-state index in [4.69, 9.17) is 9.47 Å². The lowest BCUT2D eigenvalue weighted by Crippen LogP contribution is -2.44. The first-order valence-corrected chi connectivity index (χ1v) is 7.93. The van der Waals surface area contributed by atoms with Crippen LogP contribution in [-0.2, 0) is 16.1 Å². The molecule has 0 saturated heterocycles. The number of benzene rings is 1. The second kappa shape index (κ2) is 8.79. The topological polar surface area (TPSA) is 47.6 Å². The molecule has 0 saturated carbocycles. The summed E-state index contributed by atoms with van der Waals surface area (Å²) in [5, 5.41) is 2.92. The summed E-state index contributed by atoms with van der Waals surface area (Å²) in [6.45, 7) is 10.8. The van der Waals surface area contributed by atoms with E-state index >= 15 is 0 Å². The molecule has 2 atom stereocenters. The average Bonchev–Trinajstić information content (AvgIpc) is 2.44. The fourth-order valence-corrected chi connectivity index (χ4v) is 1.97. The van der Waals surface area contributed by atoms with Crippen LogP contribution in [0.5, 0.6) is 0 Å². The second-order valence-corrected chi connectivity index (χ2v) is 6.64. The Bertz CT molecular complexity index is 439. The molecule has 0 aromatic heterocycles. The second-order valence-electron chi connectivity index (χ2n) is 6.64.